The lowest BCUT2D eigenvalue weighted by atomic mass is 9.98. The van der Waals surface area contributed by atoms with Crippen LogP contribution >= 0.6 is 0 Å². The number of ether oxygens (including phenoxy) is 1. The smallest absolute Gasteiger partial charge is 0.108 e. The minimum atomic E-state index is 0.260. The zero-order valence-electron chi connectivity index (χ0n) is 11.4. The molecule has 0 aromatic carbocycles. The van der Waals surface area contributed by atoms with Crippen molar-refractivity contribution in [3.05, 3.63) is 18.2 Å². The highest BCUT2D eigenvalue weighted by molar-refractivity contribution is 4.96. The standard InChI is InChI=1S/C15H24N2O/c1-2-5-14-16-10-11-17(14)12-13-6-9-15(18-13)7-3-4-8-15/h10-11,13H,2-9,12H2,1H3. The van der Waals surface area contributed by atoms with Crippen molar-refractivity contribution in [2.24, 2.45) is 0 Å². The lowest BCUT2D eigenvalue weighted by Crippen LogP contribution is -2.26. The molecule has 1 saturated carbocycles. The normalized spacial score (nSPS) is 26.2. The second-order valence-corrected chi connectivity index (χ2v) is 5.91. The predicted molar refractivity (Wildman–Crippen MR) is 71.5 cm³/mol. The van der Waals surface area contributed by atoms with Crippen molar-refractivity contribution < 1.29 is 4.74 Å². The van der Waals surface area contributed by atoms with Gasteiger partial charge in [-0.1, -0.05) is 19.8 Å². The first-order valence-electron chi connectivity index (χ1n) is 7.49. The number of rotatable bonds is 4. The van der Waals surface area contributed by atoms with E-state index in [4.69, 9.17) is 4.74 Å². The summed E-state index contributed by atoms with van der Waals surface area (Å²) in [7, 11) is 0. The third-order valence-corrected chi connectivity index (χ3v) is 4.53. The van der Waals surface area contributed by atoms with E-state index >= 15 is 0 Å². The summed E-state index contributed by atoms with van der Waals surface area (Å²) in [6.07, 6.45) is 14.5. The van der Waals surface area contributed by atoms with E-state index in [2.05, 4.69) is 22.7 Å². The Labute approximate surface area is 110 Å². The molecule has 0 radical (unpaired) electrons. The zero-order valence-corrected chi connectivity index (χ0v) is 11.4. The van der Waals surface area contributed by atoms with Gasteiger partial charge in [-0.2, -0.15) is 0 Å². The molecule has 3 nitrogen and oxygen atoms in total. The fourth-order valence-electron chi connectivity index (χ4n) is 3.59. The van der Waals surface area contributed by atoms with Crippen LogP contribution in [0.25, 0.3) is 0 Å². The molecule has 2 heterocycles. The molecule has 1 atom stereocenters. The summed E-state index contributed by atoms with van der Waals surface area (Å²) in [4.78, 5) is 4.44. The van der Waals surface area contributed by atoms with Crippen molar-refractivity contribution in [1.82, 2.24) is 9.55 Å². The van der Waals surface area contributed by atoms with Gasteiger partial charge in [-0.05, 0) is 32.1 Å². The van der Waals surface area contributed by atoms with E-state index in [9.17, 15) is 0 Å². The van der Waals surface area contributed by atoms with Crippen LogP contribution in [0.1, 0.15) is 57.7 Å². The van der Waals surface area contributed by atoms with Crippen LogP contribution in [0.4, 0.5) is 0 Å². The molecule has 100 valence electrons. The first-order chi connectivity index (χ1) is 8.81. The number of imidazole rings is 1. The van der Waals surface area contributed by atoms with E-state index in [-0.39, 0.29) is 5.60 Å². The predicted octanol–water partition coefficient (Wildman–Crippen LogP) is 3.33. The average molecular weight is 248 g/mol. The van der Waals surface area contributed by atoms with Crippen molar-refractivity contribution in [3.8, 4) is 0 Å². The molecular weight excluding hydrogens is 224 g/mol. The Bertz CT molecular complexity index is 393. The zero-order chi connectivity index (χ0) is 12.4. The molecule has 1 spiro atoms. The maximum Gasteiger partial charge on any atom is 0.108 e. The van der Waals surface area contributed by atoms with E-state index in [1.54, 1.807) is 0 Å². The molecule has 3 heteroatoms. The Hall–Kier alpha value is -0.830. The van der Waals surface area contributed by atoms with Gasteiger partial charge in [0.1, 0.15) is 5.82 Å². The number of hydrogen-bond donors (Lipinski definition) is 0. The average Bonchev–Trinajstić information content (AvgIpc) is 3.06. The van der Waals surface area contributed by atoms with Crippen molar-refractivity contribution in [2.45, 2.75) is 76.5 Å². The molecule has 1 aromatic rings. The summed E-state index contributed by atoms with van der Waals surface area (Å²) < 4.78 is 8.66. The molecule has 3 rings (SSSR count). The quantitative estimate of drug-likeness (QED) is 0.817. The second-order valence-electron chi connectivity index (χ2n) is 5.91. The van der Waals surface area contributed by atoms with Crippen LogP contribution in [0, 0.1) is 0 Å². The molecule has 2 fully saturated rings. The van der Waals surface area contributed by atoms with Gasteiger partial charge in [0, 0.05) is 18.8 Å². The minimum Gasteiger partial charge on any atom is -0.370 e. The summed E-state index contributed by atoms with van der Waals surface area (Å²) in [5, 5.41) is 0. The van der Waals surface area contributed by atoms with Gasteiger partial charge in [0.15, 0.2) is 0 Å². The summed E-state index contributed by atoms with van der Waals surface area (Å²) in [5.41, 5.74) is 0.260. The van der Waals surface area contributed by atoms with Crippen LogP contribution in [0.5, 0.6) is 0 Å². The third-order valence-electron chi connectivity index (χ3n) is 4.53. The van der Waals surface area contributed by atoms with Crippen molar-refractivity contribution in [3.63, 3.8) is 0 Å². The molecule has 1 saturated heterocycles. The third kappa shape index (κ3) is 2.33. The number of nitrogens with zero attached hydrogens (tertiary/aromatic N) is 2. The Balaban J connectivity index is 1.62. The van der Waals surface area contributed by atoms with Crippen LogP contribution in [-0.2, 0) is 17.7 Å². The Morgan fingerprint density at radius 2 is 2.22 bits per heavy atom. The molecule has 0 N–H and O–H groups in total. The number of aryl methyl sites for hydroxylation is 1. The van der Waals surface area contributed by atoms with E-state index in [0.29, 0.717) is 6.10 Å². The van der Waals surface area contributed by atoms with Crippen molar-refractivity contribution >= 4 is 0 Å². The first-order valence-corrected chi connectivity index (χ1v) is 7.49. The van der Waals surface area contributed by atoms with Gasteiger partial charge < -0.3 is 9.30 Å². The fourth-order valence-corrected chi connectivity index (χ4v) is 3.59. The highest BCUT2D eigenvalue weighted by Crippen LogP contribution is 2.43. The molecular formula is C15H24N2O. The lowest BCUT2D eigenvalue weighted by Gasteiger charge is -2.24. The second kappa shape index (κ2) is 5.04. The Morgan fingerprint density at radius 1 is 1.39 bits per heavy atom. The van der Waals surface area contributed by atoms with Gasteiger partial charge >= 0.3 is 0 Å². The highest BCUT2D eigenvalue weighted by Gasteiger charge is 2.42. The lowest BCUT2D eigenvalue weighted by molar-refractivity contribution is -0.0420. The fraction of sp³-hybridized carbons (Fsp3) is 0.800. The molecule has 1 aliphatic heterocycles. The summed E-state index contributed by atoms with van der Waals surface area (Å²) >= 11 is 0. The first kappa shape index (κ1) is 12.2. The van der Waals surface area contributed by atoms with Gasteiger partial charge in [0.05, 0.1) is 18.2 Å². The van der Waals surface area contributed by atoms with Crippen molar-refractivity contribution in [2.75, 3.05) is 0 Å². The van der Waals surface area contributed by atoms with E-state index in [0.717, 1.165) is 19.4 Å². The van der Waals surface area contributed by atoms with Gasteiger partial charge in [-0.3, -0.25) is 0 Å². The molecule has 1 unspecified atom stereocenters. The maximum atomic E-state index is 6.37. The summed E-state index contributed by atoms with van der Waals surface area (Å²) in [6.45, 7) is 3.20. The van der Waals surface area contributed by atoms with Crippen LogP contribution in [0.15, 0.2) is 12.4 Å². The topological polar surface area (TPSA) is 27.1 Å². The summed E-state index contributed by atoms with van der Waals surface area (Å²) in [6, 6.07) is 0. The largest absolute Gasteiger partial charge is 0.370 e. The highest BCUT2D eigenvalue weighted by atomic mass is 16.5. The van der Waals surface area contributed by atoms with Crippen LogP contribution in [0.2, 0.25) is 0 Å². The Kier molecular flexibility index (Phi) is 3.42. The molecule has 1 aromatic heterocycles. The molecule has 18 heavy (non-hydrogen) atoms. The monoisotopic (exact) mass is 248 g/mol. The van der Waals surface area contributed by atoms with E-state index in [1.165, 1.54) is 44.3 Å². The number of hydrogen-bond acceptors (Lipinski definition) is 2. The van der Waals surface area contributed by atoms with Gasteiger partial charge in [-0.15, -0.1) is 0 Å². The van der Waals surface area contributed by atoms with Crippen LogP contribution in [0.3, 0.4) is 0 Å². The molecule has 2 aliphatic rings. The molecule has 1 aliphatic carbocycles. The maximum absolute atomic E-state index is 6.37. The molecule has 0 amide bonds. The van der Waals surface area contributed by atoms with E-state index in [1.807, 2.05) is 6.20 Å². The van der Waals surface area contributed by atoms with Crippen LogP contribution < -0.4 is 0 Å². The summed E-state index contributed by atoms with van der Waals surface area (Å²) in [5.74, 6) is 1.22. The van der Waals surface area contributed by atoms with Gasteiger partial charge in [0.2, 0.25) is 0 Å². The van der Waals surface area contributed by atoms with Crippen LogP contribution in [-0.4, -0.2) is 21.3 Å². The van der Waals surface area contributed by atoms with Gasteiger partial charge in [0.25, 0.3) is 0 Å². The van der Waals surface area contributed by atoms with Crippen molar-refractivity contribution in [1.29, 1.82) is 0 Å². The van der Waals surface area contributed by atoms with Gasteiger partial charge in [-0.25, -0.2) is 4.98 Å². The minimum absolute atomic E-state index is 0.260. The molecule has 0 bridgehead atoms. The Morgan fingerprint density at radius 3 is 3.00 bits per heavy atom. The SMILES string of the molecule is CCCc1nccn1CC1CCC2(CCCC2)O1. The number of aromatic nitrogens is 2. The van der Waals surface area contributed by atoms with E-state index < -0.39 is 0 Å².